The van der Waals surface area contributed by atoms with Crippen molar-refractivity contribution in [3.63, 3.8) is 0 Å². The van der Waals surface area contributed by atoms with E-state index in [2.05, 4.69) is 0 Å². The predicted molar refractivity (Wildman–Crippen MR) is 51.0 cm³/mol. The van der Waals surface area contributed by atoms with Crippen molar-refractivity contribution in [1.29, 1.82) is 0 Å². The molecular formula is C10H17NO3. The van der Waals surface area contributed by atoms with Gasteiger partial charge in [0.05, 0.1) is 19.3 Å². The fourth-order valence-electron chi connectivity index (χ4n) is 2.09. The molecule has 4 heteroatoms. The zero-order chi connectivity index (χ0) is 9.97. The molecule has 2 unspecified atom stereocenters. The van der Waals surface area contributed by atoms with Crippen molar-refractivity contribution < 1.29 is 14.6 Å². The van der Waals surface area contributed by atoms with Crippen molar-refractivity contribution in [2.45, 2.75) is 18.9 Å². The molecule has 0 saturated carbocycles. The molecule has 0 spiro atoms. The number of carbonyl (C=O) groups is 1. The molecule has 0 bridgehead atoms. The van der Waals surface area contributed by atoms with Crippen LogP contribution in [-0.2, 0) is 9.53 Å². The molecule has 2 aliphatic heterocycles. The Morgan fingerprint density at radius 2 is 2.36 bits per heavy atom. The molecule has 0 amide bonds. The molecule has 2 aliphatic rings. The van der Waals surface area contributed by atoms with E-state index >= 15 is 0 Å². The van der Waals surface area contributed by atoms with Gasteiger partial charge in [0.1, 0.15) is 0 Å². The van der Waals surface area contributed by atoms with Crippen LogP contribution >= 0.6 is 0 Å². The van der Waals surface area contributed by atoms with E-state index < -0.39 is 0 Å². The minimum absolute atomic E-state index is 0.104. The molecule has 2 fully saturated rings. The molecule has 80 valence electrons. The lowest BCUT2D eigenvalue weighted by molar-refractivity contribution is -0.123. The fraction of sp³-hybridized carbons (Fsp3) is 0.900. The average molecular weight is 199 g/mol. The summed E-state index contributed by atoms with van der Waals surface area (Å²) in [5.74, 6) is 0.379. The summed E-state index contributed by atoms with van der Waals surface area (Å²) in [6, 6.07) is 0. The van der Waals surface area contributed by atoms with Gasteiger partial charge < -0.3 is 9.84 Å². The molecule has 2 rings (SSSR count). The van der Waals surface area contributed by atoms with Crippen molar-refractivity contribution in [3.8, 4) is 0 Å². The maximum atomic E-state index is 11.7. The van der Waals surface area contributed by atoms with Gasteiger partial charge in [0.15, 0.2) is 5.78 Å². The van der Waals surface area contributed by atoms with E-state index in [1.165, 1.54) is 0 Å². The highest BCUT2D eigenvalue weighted by Gasteiger charge is 2.27. The third-order valence-corrected chi connectivity index (χ3v) is 3.01. The van der Waals surface area contributed by atoms with Gasteiger partial charge in [-0.05, 0) is 12.8 Å². The number of likely N-dealkylation sites (tertiary alicyclic amines) is 1. The van der Waals surface area contributed by atoms with E-state index in [-0.39, 0.29) is 17.8 Å². The van der Waals surface area contributed by atoms with Crippen LogP contribution in [0.4, 0.5) is 0 Å². The molecule has 2 saturated heterocycles. The molecule has 0 radical (unpaired) electrons. The summed E-state index contributed by atoms with van der Waals surface area (Å²) in [7, 11) is 0. The lowest BCUT2D eigenvalue weighted by Crippen LogP contribution is -2.32. The fourth-order valence-corrected chi connectivity index (χ4v) is 2.09. The van der Waals surface area contributed by atoms with Crippen molar-refractivity contribution in [1.82, 2.24) is 4.90 Å². The van der Waals surface area contributed by atoms with Gasteiger partial charge in [-0.2, -0.15) is 0 Å². The Balaban J connectivity index is 1.76. The number of nitrogens with zero attached hydrogens (tertiary/aromatic N) is 1. The first kappa shape index (κ1) is 10.1. The quantitative estimate of drug-likeness (QED) is 0.675. The van der Waals surface area contributed by atoms with Crippen molar-refractivity contribution in [3.05, 3.63) is 0 Å². The van der Waals surface area contributed by atoms with Crippen LogP contribution in [0.15, 0.2) is 0 Å². The van der Waals surface area contributed by atoms with E-state index in [0.717, 1.165) is 26.0 Å². The lowest BCUT2D eigenvalue weighted by atomic mass is 10.0. The Hall–Kier alpha value is -0.450. The molecule has 0 aliphatic carbocycles. The van der Waals surface area contributed by atoms with Crippen molar-refractivity contribution in [2.75, 3.05) is 32.8 Å². The molecule has 0 aromatic rings. The van der Waals surface area contributed by atoms with Gasteiger partial charge in [0.2, 0.25) is 0 Å². The number of hydrogen-bond acceptors (Lipinski definition) is 4. The topological polar surface area (TPSA) is 49.8 Å². The highest BCUT2D eigenvalue weighted by Crippen LogP contribution is 2.15. The summed E-state index contributed by atoms with van der Waals surface area (Å²) in [4.78, 5) is 13.7. The summed E-state index contributed by atoms with van der Waals surface area (Å²) in [6.45, 7) is 3.30. The molecule has 4 nitrogen and oxygen atoms in total. The van der Waals surface area contributed by atoms with Gasteiger partial charge in [-0.3, -0.25) is 9.69 Å². The Kier molecular flexibility index (Phi) is 3.15. The number of aliphatic hydroxyl groups is 1. The van der Waals surface area contributed by atoms with Crippen molar-refractivity contribution in [2.24, 2.45) is 5.92 Å². The zero-order valence-corrected chi connectivity index (χ0v) is 8.32. The molecule has 0 aromatic carbocycles. The molecule has 1 N–H and O–H groups in total. The number of ketones is 1. The van der Waals surface area contributed by atoms with Gasteiger partial charge in [0.25, 0.3) is 0 Å². The number of carbonyl (C=O) groups excluding carboxylic acids is 1. The third-order valence-electron chi connectivity index (χ3n) is 3.01. The first-order chi connectivity index (χ1) is 6.75. The Morgan fingerprint density at radius 3 is 2.93 bits per heavy atom. The lowest BCUT2D eigenvalue weighted by Gasteiger charge is -2.15. The van der Waals surface area contributed by atoms with Crippen LogP contribution in [0.1, 0.15) is 12.8 Å². The first-order valence-electron chi connectivity index (χ1n) is 5.26. The van der Waals surface area contributed by atoms with Gasteiger partial charge in [-0.25, -0.2) is 0 Å². The minimum atomic E-state index is -0.234. The summed E-state index contributed by atoms with van der Waals surface area (Å²) in [5, 5.41) is 9.30. The van der Waals surface area contributed by atoms with E-state index in [0.29, 0.717) is 19.7 Å². The summed E-state index contributed by atoms with van der Waals surface area (Å²) >= 11 is 0. The van der Waals surface area contributed by atoms with Crippen LogP contribution < -0.4 is 0 Å². The third kappa shape index (κ3) is 2.32. The Bertz CT molecular complexity index is 213. The second-order valence-corrected chi connectivity index (χ2v) is 4.20. The van der Waals surface area contributed by atoms with Gasteiger partial charge >= 0.3 is 0 Å². The number of aliphatic hydroxyl groups excluding tert-OH is 1. The highest BCUT2D eigenvalue weighted by atomic mass is 16.5. The number of ether oxygens (including phenoxy) is 1. The number of hydrogen-bond donors (Lipinski definition) is 1. The number of Topliss-reactive ketones (excluding diaryl/α,β-unsaturated/α-hetero) is 1. The monoisotopic (exact) mass is 199 g/mol. The van der Waals surface area contributed by atoms with Gasteiger partial charge in [-0.15, -0.1) is 0 Å². The van der Waals surface area contributed by atoms with E-state index in [1.807, 2.05) is 4.90 Å². The maximum Gasteiger partial charge on any atom is 0.152 e. The number of rotatable bonds is 3. The first-order valence-corrected chi connectivity index (χ1v) is 5.26. The van der Waals surface area contributed by atoms with Crippen LogP contribution in [0.5, 0.6) is 0 Å². The van der Waals surface area contributed by atoms with Crippen LogP contribution in [0.2, 0.25) is 0 Å². The Labute approximate surface area is 83.8 Å². The highest BCUT2D eigenvalue weighted by molar-refractivity contribution is 5.83. The molecule has 2 atom stereocenters. The second-order valence-electron chi connectivity index (χ2n) is 4.20. The van der Waals surface area contributed by atoms with E-state index in [9.17, 15) is 9.90 Å². The SMILES string of the molecule is O=C(CN1CCC(O)C1)C1CCOC1. The maximum absolute atomic E-state index is 11.7. The van der Waals surface area contributed by atoms with Crippen LogP contribution in [0.3, 0.4) is 0 Å². The second kappa shape index (κ2) is 4.38. The van der Waals surface area contributed by atoms with Crippen molar-refractivity contribution >= 4 is 5.78 Å². The van der Waals surface area contributed by atoms with Crippen LogP contribution in [0, 0.1) is 5.92 Å². The number of β-amino-alcohol motifs (C(OH)–C–C–N with tert-alkyl or cyclic N) is 1. The van der Waals surface area contributed by atoms with E-state index in [4.69, 9.17) is 4.74 Å². The minimum Gasteiger partial charge on any atom is -0.392 e. The normalized spacial score (nSPS) is 33.8. The van der Waals surface area contributed by atoms with Crippen LogP contribution in [0.25, 0.3) is 0 Å². The zero-order valence-electron chi connectivity index (χ0n) is 8.32. The molecular weight excluding hydrogens is 182 g/mol. The smallest absolute Gasteiger partial charge is 0.152 e. The van der Waals surface area contributed by atoms with Gasteiger partial charge in [0, 0.05) is 25.6 Å². The average Bonchev–Trinajstić information content (AvgIpc) is 2.75. The molecule has 2 heterocycles. The van der Waals surface area contributed by atoms with Gasteiger partial charge in [-0.1, -0.05) is 0 Å². The summed E-state index contributed by atoms with van der Waals surface area (Å²) < 4.78 is 5.18. The summed E-state index contributed by atoms with van der Waals surface area (Å²) in [5.41, 5.74) is 0. The molecule has 14 heavy (non-hydrogen) atoms. The standard InChI is InChI=1S/C10H17NO3/c12-9-1-3-11(5-9)6-10(13)8-2-4-14-7-8/h8-9,12H,1-7H2. The van der Waals surface area contributed by atoms with E-state index in [1.54, 1.807) is 0 Å². The summed E-state index contributed by atoms with van der Waals surface area (Å²) in [6.07, 6.45) is 1.44. The van der Waals surface area contributed by atoms with Crippen LogP contribution in [-0.4, -0.2) is 54.7 Å². The predicted octanol–water partition coefficient (Wildman–Crippen LogP) is -0.341. The largest absolute Gasteiger partial charge is 0.392 e. The molecule has 0 aromatic heterocycles. The Morgan fingerprint density at radius 1 is 1.50 bits per heavy atom.